The Morgan fingerprint density at radius 1 is 0.320 bits per heavy atom. The van der Waals surface area contributed by atoms with Gasteiger partial charge in [0.15, 0.2) is 0 Å². The molecule has 9 aromatic carbocycles. The van der Waals surface area contributed by atoms with E-state index in [1.165, 1.54) is 74.7 Å². The van der Waals surface area contributed by atoms with Gasteiger partial charge in [0, 0.05) is 37.2 Å². The van der Waals surface area contributed by atoms with E-state index < -0.39 is 0 Å². The Morgan fingerprint density at radius 3 is 1.66 bits per heavy atom. The normalized spacial score (nSPS) is 11.6. The van der Waals surface area contributed by atoms with E-state index in [1.807, 2.05) is 11.3 Å². The SMILES string of the molecule is c1ccc(N(c2ccc(-c3ccc4ccc5ccc6ccccc6c5c4c3)cc2)c2ccc(-c3cccc4sc5ccccc5c34)cc2)cc1. The Bertz CT molecular complexity index is 2840. The molecule has 10 aromatic rings. The molecule has 0 bridgehead atoms. The van der Waals surface area contributed by atoms with E-state index in [1.54, 1.807) is 0 Å². The molecule has 0 fully saturated rings. The lowest BCUT2D eigenvalue weighted by atomic mass is 9.94. The predicted molar refractivity (Wildman–Crippen MR) is 217 cm³/mol. The number of rotatable bonds is 5. The van der Waals surface area contributed by atoms with E-state index in [2.05, 4.69) is 193 Å². The highest BCUT2D eigenvalue weighted by molar-refractivity contribution is 7.25. The summed E-state index contributed by atoms with van der Waals surface area (Å²) >= 11 is 1.87. The lowest BCUT2D eigenvalue weighted by Gasteiger charge is -2.26. The number of hydrogen-bond acceptors (Lipinski definition) is 2. The number of anilines is 3. The van der Waals surface area contributed by atoms with Crippen LogP contribution < -0.4 is 4.90 Å². The third kappa shape index (κ3) is 4.76. The van der Waals surface area contributed by atoms with Crippen LogP contribution in [0.5, 0.6) is 0 Å². The Morgan fingerprint density at radius 2 is 0.880 bits per heavy atom. The molecule has 2 heteroatoms. The van der Waals surface area contributed by atoms with E-state index in [-0.39, 0.29) is 0 Å². The second-order valence-corrected chi connectivity index (χ2v) is 14.0. The topological polar surface area (TPSA) is 3.24 Å². The molecular formula is C48H31NS. The number of thiophene rings is 1. The lowest BCUT2D eigenvalue weighted by molar-refractivity contribution is 1.28. The molecule has 0 N–H and O–H groups in total. The van der Waals surface area contributed by atoms with Crippen molar-refractivity contribution in [2.45, 2.75) is 0 Å². The molecule has 0 amide bonds. The Hall–Kier alpha value is -6.22. The molecule has 1 aromatic heterocycles. The monoisotopic (exact) mass is 653 g/mol. The number of hydrogen-bond donors (Lipinski definition) is 0. The number of para-hydroxylation sites is 1. The molecule has 50 heavy (non-hydrogen) atoms. The van der Waals surface area contributed by atoms with Crippen LogP contribution in [0.2, 0.25) is 0 Å². The first-order chi connectivity index (χ1) is 24.8. The maximum Gasteiger partial charge on any atom is 0.0462 e. The first-order valence-electron chi connectivity index (χ1n) is 17.1. The summed E-state index contributed by atoms with van der Waals surface area (Å²) in [6.07, 6.45) is 0. The van der Waals surface area contributed by atoms with Crippen molar-refractivity contribution in [3.8, 4) is 22.3 Å². The molecule has 0 saturated heterocycles. The van der Waals surface area contributed by atoms with Crippen LogP contribution in [-0.4, -0.2) is 0 Å². The van der Waals surface area contributed by atoms with Gasteiger partial charge in [0.25, 0.3) is 0 Å². The van der Waals surface area contributed by atoms with Gasteiger partial charge in [0.2, 0.25) is 0 Å². The average molecular weight is 654 g/mol. The standard InChI is InChI=1S/C48H31NS/c1-2-10-38(11-3-1)49(40-29-25-34(26-30-40)42-14-8-16-46-48(42)43-13-6-7-15-45(43)50-46)39-27-23-32(24-28-39)37-22-19-35-18-21-36-20-17-33-9-4-5-12-41(33)47(36)44(35)31-37/h1-31H. The highest BCUT2D eigenvalue weighted by Crippen LogP contribution is 2.42. The summed E-state index contributed by atoms with van der Waals surface area (Å²) in [7, 11) is 0. The molecule has 0 spiro atoms. The molecular weight excluding hydrogens is 623 g/mol. The summed E-state index contributed by atoms with van der Waals surface area (Å²) in [6, 6.07) is 68.6. The van der Waals surface area contributed by atoms with Crippen molar-refractivity contribution in [3.05, 3.63) is 188 Å². The Kier molecular flexibility index (Phi) is 6.75. The van der Waals surface area contributed by atoms with Crippen molar-refractivity contribution in [1.82, 2.24) is 0 Å². The fourth-order valence-electron chi connectivity index (χ4n) is 7.64. The van der Waals surface area contributed by atoms with E-state index >= 15 is 0 Å². The van der Waals surface area contributed by atoms with Crippen LogP contribution in [0.15, 0.2) is 188 Å². The third-order valence-corrected chi connectivity index (χ3v) is 11.2. The van der Waals surface area contributed by atoms with Crippen LogP contribution in [0.25, 0.3) is 74.7 Å². The zero-order valence-corrected chi connectivity index (χ0v) is 28.1. The summed E-state index contributed by atoms with van der Waals surface area (Å²) in [5, 5.41) is 10.4. The smallest absolute Gasteiger partial charge is 0.0462 e. The van der Waals surface area contributed by atoms with Gasteiger partial charge >= 0.3 is 0 Å². The quantitative estimate of drug-likeness (QED) is 0.167. The molecule has 0 aliphatic rings. The Labute approximate surface area is 294 Å². The zero-order chi connectivity index (χ0) is 33.0. The highest BCUT2D eigenvalue weighted by atomic mass is 32.1. The first kappa shape index (κ1) is 28.8. The van der Waals surface area contributed by atoms with Gasteiger partial charge in [-0.05, 0) is 109 Å². The maximum atomic E-state index is 2.37. The van der Waals surface area contributed by atoms with Crippen LogP contribution in [-0.2, 0) is 0 Å². The minimum Gasteiger partial charge on any atom is -0.311 e. The van der Waals surface area contributed by atoms with E-state index in [0.29, 0.717) is 0 Å². The predicted octanol–water partition coefficient (Wildman–Crippen LogP) is 14.3. The van der Waals surface area contributed by atoms with Crippen molar-refractivity contribution in [2.24, 2.45) is 0 Å². The maximum absolute atomic E-state index is 2.37. The summed E-state index contributed by atoms with van der Waals surface area (Å²) in [6.45, 7) is 0. The first-order valence-corrected chi connectivity index (χ1v) is 17.9. The van der Waals surface area contributed by atoms with Crippen molar-refractivity contribution < 1.29 is 0 Å². The van der Waals surface area contributed by atoms with Crippen molar-refractivity contribution in [3.63, 3.8) is 0 Å². The molecule has 1 heterocycles. The van der Waals surface area contributed by atoms with Crippen LogP contribution in [0.1, 0.15) is 0 Å². The minimum atomic E-state index is 1.12. The summed E-state index contributed by atoms with van der Waals surface area (Å²) in [4.78, 5) is 2.34. The van der Waals surface area contributed by atoms with Gasteiger partial charge in [0.05, 0.1) is 0 Å². The second-order valence-electron chi connectivity index (χ2n) is 12.9. The van der Waals surface area contributed by atoms with Crippen LogP contribution in [0.3, 0.4) is 0 Å². The zero-order valence-electron chi connectivity index (χ0n) is 27.3. The second kappa shape index (κ2) is 11.7. The molecule has 1 nitrogen and oxygen atoms in total. The number of benzene rings is 9. The highest BCUT2D eigenvalue weighted by Gasteiger charge is 2.15. The fourth-order valence-corrected chi connectivity index (χ4v) is 8.77. The van der Waals surface area contributed by atoms with Crippen LogP contribution in [0.4, 0.5) is 17.1 Å². The molecule has 0 radical (unpaired) electrons. The van der Waals surface area contributed by atoms with Gasteiger partial charge < -0.3 is 4.90 Å². The largest absolute Gasteiger partial charge is 0.311 e. The van der Waals surface area contributed by atoms with E-state index in [4.69, 9.17) is 0 Å². The van der Waals surface area contributed by atoms with Gasteiger partial charge in [-0.2, -0.15) is 0 Å². The number of fused-ring (bicyclic) bond motifs is 8. The van der Waals surface area contributed by atoms with Gasteiger partial charge in [-0.25, -0.2) is 0 Å². The van der Waals surface area contributed by atoms with Gasteiger partial charge in [-0.3, -0.25) is 0 Å². The third-order valence-electron chi connectivity index (χ3n) is 10.0. The molecule has 234 valence electrons. The molecule has 0 aliphatic heterocycles. The summed E-state index contributed by atoms with van der Waals surface area (Å²) in [5.74, 6) is 0. The molecule has 0 aliphatic carbocycles. The van der Waals surface area contributed by atoms with Crippen LogP contribution in [0, 0.1) is 0 Å². The van der Waals surface area contributed by atoms with E-state index in [9.17, 15) is 0 Å². The molecule has 0 atom stereocenters. The number of nitrogens with zero attached hydrogens (tertiary/aromatic N) is 1. The lowest BCUT2D eigenvalue weighted by Crippen LogP contribution is -2.09. The summed E-state index contributed by atoms with van der Waals surface area (Å²) < 4.78 is 2.66. The van der Waals surface area contributed by atoms with Gasteiger partial charge in [-0.1, -0.05) is 133 Å². The van der Waals surface area contributed by atoms with Crippen LogP contribution >= 0.6 is 11.3 Å². The van der Waals surface area contributed by atoms with Gasteiger partial charge in [0.1, 0.15) is 0 Å². The molecule has 0 unspecified atom stereocenters. The average Bonchev–Trinajstić information content (AvgIpc) is 3.58. The Balaban J connectivity index is 1.04. The van der Waals surface area contributed by atoms with Crippen molar-refractivity contribution in [2.75, 3.05) is 4.90 Å². The van der Waals surface area contributed by atoms with Crippen molar-refractivity contribution in [1.29, 1.82) is 0 Å². The molecule has 10 rings (SSSR count). The van der Waals surface area contributed by atoms with E-state index in [0.717, 1.165) is 17.1 Å². The fraction of sp³-hybridized carbons (Fsp3) is 0. The van der Waals surface area contributed by atoms with Gasteiger partial charge in [-0.15, -0.1) is 11.3 Å². The summed E-state index contributed by atoms with van der Waals surface area (Å²) in [5.41, 5.74) is 8.29. The molecule has 0 saturated carbocycles. The minimum absolute atomic E-state index is 1.12. The van der Waals surface area contributed by atoms with Crippen molar-refractivity contribution >= 4 is 80.9 Å².